The van der Waals surface area contributed by atoms with Crippen LogP contribution >= 0.6 is 0 Å². The van der Waals surface area contributed by atoms with Crippen LogP contribution in [0.25, 0.3) is 0 Å². The summed E-state index contributed by atoms with van der Waals surface area (Å²) >= 11 is 0. The van der Waals surface area contributed by atoms with Crippen LogP contribution in [-0.2, 0) is 0 Å². The van der Waals surface area contributed by atoms with Crippen LogP contribution in [0.1, 0.15) is 303 Å². The molecule has 0 bridgehead atoms. The minimum Gasteiger partial charge on any atom is -0.389 e. The van der Waals surface area contributed by atoms with Gasteiger partial charge in [-0.25, -0.2) is 0 Å². The fourth-order valence-corrected chi connectivity index (χ4v) is 10.2. The Morgan fingerprint density at radius 1 is 0.175 bits per heavy atom. The highest BCUT2D eigenvalue weighted by Crippen LogP contribution is 2.19. The van der Waals surface area contributed by atoms with Gasteiger partial charge in [0.05, 0.1) is 58.0 Å². The van der Waals surface area contributed by atoms with E-state index in [1.54, 1.807) is 102 Å². The van der Waals surface area contributed by atoms with E-state index < -0.39 is 58.0 Å². The molecule has 0 heterocycles. The summed E-state index contributed by atoms with van der Waals surface area (Å²) < 4.78 is 0. The van der Waals surface area contributed by atoms with Crippen molar-refractivity contribution in [1.82, 2.24) is 0 Å². The summed E-state index contributed by atoms with van der Waals surface area (Å²) in [5, 5.41) is 101. The van der Waals surface area contributed by atoms with E-state index in [-0.39, 0.29) is 0 Å². The van der Waals surface area contributed by atoms with Gasteiger partial charge >= 0.3 is 0 Å². The largest absolute Gasteiger partial charge is 0.389 e. The molecule has 0 fully saturated rings. The monoisotopic (exact) mass is 1740 g/mol. The molecule has 0 aromatic rings. The summed E-state index contributed by atoms with van der Waals surface area (Å²) in [7, 11) is 0. The van der Waals surface area contributed by atoms with Gasteiger partial charge in [-0.1, -0.05) is 466 Å². The van der Waals surface area contributed by atoms with E-state index in [4.69, 9.17) is 0 Å². The van der Waals surface area contributed by atoms with Gasteiger partial charge in [-0.3, -0.25) is 0 Å². The standard InChI is InChI=1S/C24H38O2.4C23H36O2/c1-5-7-9-11-12-16-20-24(4,26)22-18-14-13-17-21-23(3,25)19-15-10-8-6-2;2*1-4-6-8-10-12-16-20-23(3,25)21-17-13-11-15-19-22(24)18-14-9-7-5-2;2*1-4-6-8-10-11-14-18-22(24)19-15-12-13-17-21-23(3,25)20-16-9-7-5-2/h7,9-10,12-18,21-22,25-26H,5-6,8,11,19-20H2,1-4H3;4*6,8-9,11-17,19,21-22,24-25H,4-5,7,10,18,20H2,1-3H3/b9-7-,14-13+,15-10-,16-12-,21-17+,22-18-;2*8-6-,13-11+,14-9-,16-12-,19-15+,21-17-;2*8-6-,13-12+,14-11-,16-9-,19-15-,21-17+/t;4*22-,23?/m.0000/s1. The van der Waals surface area contributed by atoms with Crippen molar-refractivity contribution in [2.45, 2.75) is 361 Å². The molecule has 0 spiro atoms. The lowest BCUT2D eigenvalue weighted by molar-refractivity contribution is 0.114. The molecule has 10 N–H and O–H groups in total. The van der Waals surface area contributed by atoms with Crippen molar-refractivity contribution >= 4 is 0 Å². The maximum atomic E-state index is 10.3. The second-order valence-electron chi connectivity index (χ2n) is 32.4. The minimum absolute atomic E-state index is 0.447. The normalized spacial score (nSPS) is 17.4. The Morgan fingerprint density at radius 3 is 0.492 bits per heavy atom. The third-order valence-electron chi connectivity index (χ3n) is 17.7. The lowest BCUT2D eigenvalue weighted by Gasteiger charge is -2.16. The fraction of sp³-hybridized carbons (Fsp3) is 0.483. The average Bonchev–Trinajstić information content (AvgIpc) is 0.955. The fourth-order valence-electron chi connectivity index (χ4n) is 10.2. The molecule has 10 atom stereocenters. The van der Waals surface area contributed by atoms with Crippen molar-refractivity contribution in [2.24, 2.45) is 0 Å². The molecule has 0 aliphatic carbocycles. The highest BCUT2D eigenvalue weighted by Gasteiger charge is 2.17. The van der Waals surface area contributed by atoms with Gasteiger partial charge in [-0.15, -0.1) is 0 Å². The molecule has 0 aliphatic rings. The molecule has 0 radical (unpaired) electrons. The van der Waals surface area contributed by atoms with Gasteiger partial charge in [0.15, 0.2) is 0 Å². The van der Waals surface area contributed by atoms with Crippen LogP contribution in [0.2, 0.25) is 0 Å². The predicted molar refractivity (Wildman–Crippen MR) is 557 cm³/mol. The number of unbranched alkanes of at least 4 members (excludes halogenated alkanes) is 5. The molecule has 10 heteroatoms. The first kappa shape index (κ1) is 126. The van der Waals surface area contributed by atoms with Crippen LogP contribution in [0.5, 0.6) is 0 Å². The van der Waals surface area contributed by atoms with Crippen LogP contribution < -0.4 is 0 Å². The third kappa shape index (κ3) is 108. The molecule has 0 aromatic carbocycles. The van der Waals surface area contributed by atoms with Crippen LogP contribution in [0.4, 0.5) is 0 Å². The number of allylic oxidation sites excluding steroid dienone is 40. The second kappa shape index (κ2) is 93.0. The molecule has 0 aromatic heterocycles. The van der Waals surface area contributed by atoms with Gasteiger partial charge in [0, 0.05) is 0 Å². The molecule has 0 amide bonds. The Balaban J connectivity index is -0.000000484. The zero-order chi connectivity index (χ0) is 94.9. The SMILES string of the molecule is CC/C=C\C/C=C\CC(C)(O)\C=C/C=C/C=C/C(C)(O)C/C=C\CCC.CC/C=C\C/C=C\CC(C)(O)\C=C/C=C/C=C/[C@@H](O)C/C=C\CCC.CC/C=C\C/C=C\CC(C)(O)\C=C/C=C/C=C/[C@@H](O)C/C=C\CCC.CC/C=C\C/C=C\C[C@H](O)\C=C/C=C/C=C/C(C)(O)C/C=C\CCC.CC/C=C\C/C=C\C[C@H](O)\C=C/C=C/C=C/C(C)(O)C/C=C\CCC. The zero-order valence-corrected chi connectivity index (χ0v) is 81.6. The molecule has 6 unspecified atom stereocenters. The van der Waals surface area contributed by atoms with Gasteiger partial charge in [-0.05, 0) is 202 Å². The predicted octanol–water partition coefficient (Wildman–Crippen LogP) is 29.5. The van der Waals surface area contributed by atoms with Gasteiger partial charge in [0.1, 0.15) is 0 Å². The quantitative estimate of drug-likeness (QED) is 0.0206. The molecule has 126 heavy (non-hydrogen) atoms. The lowest BCUT2D eigenvalue weighted by atomic mass is 10.0. The van der Waals surface area contributed by atoms with Crippen LogP contribution in [0.3, 0.4) is 0 Å². The van der Waals surface area contributed by atoms with E-state index in [9.17, 15) is 51.1 Å². The molecule has 0 aliphatic heterocycles. The van der Waals surface area contributed by atoms with E-state index in [1.807, 2.05) is 182 Å². The molecule has 0 rings (SSSR count). The topological polar surface area (TPSA) is 202 Å². The molecule has 10 nitrogen and oxygen atoms in total. The van der Waals surface area contributed by atoms with Crippen molar-refractivity contribution in [3.8, 4) is 0 Å². The van der Waals surface area contributed by atoms with Crippen LogP contribution in [0, 0.1) is 0 Å². The number of rotatable bonds is 65. The first-order chi connectivity index (χ1) is 60.4. The Hall–Kier alpha value is -8.20. The Bertz CT molecular complexity index is 3300. The lowest BCUT2D eigenvalue weighted by Crippen LogP contribution is -2.19. The van der Waals surface area contributed by atoms with E-state index >= 15 is 0 Å². The van der Waals surface area contributed by atoms with E-state index in [2.05, 4.69) is 191 Å². The maximum Gasteiger partial charge on any atom is 0.0836 e. The second-order valence-corrected chi connectivity index (χ2v) is 32.4. The van der Waals surface area contributed by atoms with Crippen molar-refractivity contribution in [1.29, 1.82) is 0 Å². The minimum atomic E-state index is -0.853. The first-order valence-electron chi connectivity index (χ1n) is 47.3. The Kier molecular flexibility index (Phi) is 93.2. The van der Waals surface area contributed by atoms with Crippen molar-refractivity contribution in [3.63, 3.8) is 0 Å². The van der Waals surface area contributed by atoms with Crippen molar-refractivity contribution in [2.75, 3.05) is 0 Å². The molecular weight excluding hydrogens is 1550 g/mol. The molecule has 0 saturated heterocycles. The molecule has 706 valence electrons. The number of aliphatic hydroxyl groups is 10. The van der Waals surface area contributed by atoms with E-state index in [0.717, 1.165) is 128 Å². The maximum absolute atomic E-state index is 10.3. The van der Waals surface area contributed by atoms with Crippen molar-refractivity contribution < 1.29 is 51.1 Å². The van der Waals surface area contributed by atoms with Crippen molar-refractivity contribution in [3.05, 3.63) is 365 Å². The Labute approximate surface area is 772 Å². The first-order valence-corrected chi connectivity index (χ1v) is 47.3. The summed E-state index contributed by atoms with van der Waals surface area (Å²) in [4.78, 5) is 0. The number of hydrogen-bond donors (Lipinski definition) is 10. The highest BCUT2D eigenvalue weighted by molar-refractivity contribution is 5.22. The van der Waals surface area contributed by atoms with Crippen LogP contribution in [0.15, 0.2) is 365 Å². The smallest absolute Gasteiger partial charge is 0.0836 e. The number of hydrogen-bond acceptors (Lipinski definition) is 10. The molecule has 0 saturated carbocycles. The Morgan fingerprint density at radius 2 is 0.317 bits per heavy atom. The van der Waals surface area contributed by atoms with Gasteiger partial charge in [0.25, 0.3) is 0 Å². The van der Waals surface area contributed by atoms with E-state index in [0.29, 0.717) is 64.2 Å². The average molecular weight is 1740 g/mol. The van der Waals surface area contributed by atoms with Gasteiger partial charge in [-0.2, -0.15) is 0 Å². The molecular formula is C116H182O10. The summed E-state index contributed by atoms with van der Waals surface area (Å²) in [5.41, 5.74) is -5.02. The highest BCUT2D eigenvalue weighted by atomic mass is 16.3. The zero-order valence-electron chi connectivity index (χ0n) is 81.6. The summed E-state index contributed by atoms with van der Waals surface area (Å²) in [6, 6.07) is 0. The summed E-state index contributed by atoms with van der Waals surface area (Å²) in [6.07, 6.45) is 142. The van der Waals surface area contributed by atoms with Gasteiger partial charge in [0.2, 0.25) is 0 Å². The third-order valence-corrected chi connectivity index (χ3v) is 17.7. The number of aliphatic hydroxyl groups excluding tert-OH is 4. The van der Waals surface area contributed by atoms with E-state index in [1.165, 1.54) is 0 Å². The van der Waals surface area contributed by atoms with Crippen LogP contribution in [-0.4, -0.2) is 109 Å². The van der Waals surface area contributed by atoms with Gasteiger partial charge < -0.3 is 51.1 Å². The summed E-state index contributed by atoms with van der Waals surface area (Å²) in [6.45, 7) is 32.1. The summed E-state index contributed by atoms with van der Waals surface area (Å²) in [5.74, 6) is 0.